The Bertz CT molecular complexity index is 1390. The summed E-state index contributed by atoms with van der Waals surface area (Å²) in [4.78, 5) is 12.9. The van der Waals surface area contributed by atoms with E-state index in [4.69, 9.17) is 4.74 Å². The highest BCUT2D eigenvalue weighted by Gasteiger charge is 2.28. The number of hydrogen-bond donors (Lipinski definition) is 1. The number of carbonyl (C=O) groups excluding carboxylic acids is 1. The molecule has 196 valence electrons. The highest BCUT2D eigenvalue weighted by Crippen LogP contribution is 2.31. The molecule has 0 aromatic heterocycles. The number of carbonyl (C=O) groups is 1. The Hall–Kier alpha value is -3.17. The molecule has 0 spiro atoms. The number of anilines is 1. The minimum atomic E-state index is -4.08. The Labute approximate surface area is 227 Å². The Morgan fingerprint density at radius 3 is 2.19 bits per heavy atom. The van der Waals surface area contributed by atoms with Crippen LogP contribution in [-0.2, 0) is 20.2 Å². The van der Waals surface area contributed by atoms with Crippen molar-refractivity contribution in [2.45, 2.75) is 44.9 Å². The van der Waals surface area contributed by atoms with Crippen LogP contribution in [0.5, 0.6) is 5.75 Å². The molecule has 0 bridgehead atoms. The van der Waals surface area contributed by atoms with Crippen LogP contribution in [0.25, 0.3) is 0 Å². The Morgan fingerprint density at radius 1 is 1.03 bits per heavy atom. The van der Waals surface area contributed by atoms with E-state index in [1.165, 1.54) is 24.8 Å². The van der Waals surface area contributed by atoms with Gasteiger partial charge in [-0.3, -0.25) is 9.10 Å². The molecule has 3 aromatic carbocycles. The third kappa shape index (κ3) is 6.99. The molecule has 0 aliphatic heterocycles. The average molecular weight is 587 g/mol. The van der Waals surface area contributed by atoms with Gasteiger partial charge in [0.2, 0.25) is 0 Å². The van der Waals surface area contributed by atoms with Crippen LogP contribution in [0.4, 0.5) is 5.69 Å². The molecule has 3 rings (SSSR count). The molecule has 0 saturated carbocycles. The number of rotatable bonds is 8. The molecule has 0 aliphatic rings. The van der Waals surface area contributed by atoms with Crippen LogP contribution in [0.1, 0.15) is 44.4 Å². The van der Waals surface area contributed by atoms with E-state index in [1.54, 1.807) is 37.3 Å². The molecule has 0 atom stereocenters. The first kappa shape index (κ1) is 28.4. The summed E-state index contributed by atoms with van der Waals surface area (Å²) in [6.45, 7) is 9.66. The summed E-state index contributed by atoms with van der Waals surface area (Å²) in [6.07, 6.45) is 0. The molecule has 0 heterocycles. The minimum Gasteiger partial charge on any atom is -0.496 e. The quantitative estimate of drug-likeness (QED) is 0.267. The highest BCUT2D eigenvalue weighted by molar-refractivity contribution is 9.10. The number of sulfonamides is 1. The number of methoxy groups -OCH3 is 1. The zero-order valence-electron chi connectivity index (χ0n) is 21.9. The molecule has 9 heteroatoms. The van der Waals surface area contributed by atoms with E-state index in [9.17, 15) is 13.2 Å². The number of aryl methyl sites for hydroxylation is 1. The van der Waals surface area contributed by atoms with Gasteiger partial charge in [0.15, 0.2) is 0 Å². The number of halogens is 1. The summed E-state index contributed by atoms with van der Waals surface area (Å²) in [6, 6.07) is 19.4. The Balaban J connectivity index is 1.86. The standard InChI is InChI=1S/C28H32BrN3O4S/c1-19-7-13-23(14-8-19)32(37(34,35)24-15-16-26(36-6)25(29)17-24)18-27(33)31-30-20(2)21-9-11-22(12-10-21)28(3,4)5/h7-17H,18H2,1-6H3,(H,31,33)/b30-20-. The summed E-state index contributed by atoms with van der Waals surface area (Å²) in [5.74, 6) is -0.0682. The van der Waals surface area contributed by atoms with Crippen LogP contribution in [0.15, 0.2) is 81.2 Å². The van der Waals surface area contributed by atoms with Gasteiger partial charge in [0.05, 0.1) is 27.9 Å². The van der Waals surface area contributed by atoms with E-state index in [1.807, 2.05) is 31.2 Å². The van der Waals surface area contributed by atoms with Crippen LogP contribution < -0.4 is 14.5 Å². The van der Waals surface area contributed by atoms with Crippen molar-refractivity contribution in [3.05, 3.63) is 87.9 Å². The van der Waals surface area contributed by atoms with Gasteiger partial charge in [0, 0.05) is 0 Å². The van der Waals surface area contributed by atoms with Crippen molar-refractivity contribution in [1.82, 2.24) is 5.43 Å². The Morgan fingerprint density at radius 2 is 1.65 bits per heavy atom. The van der Waals surface area contributed by atoms with Gasteiger partial charge in [-0.15, -0.1) is 0 Å². The number of hydrazone groups is 1. The molecule has 7 nitrogen and oxygen atoms in total. The van der Waals surface area contributed by atoms with Gasteiger partial charge < -0.3 is 4.74 Å². The largest absolute Gasteiger partial charge is 0.496 e. The van der Waals surface area contributed by atoms with Crippen molar-refractivity contribution >= 4 is 43.3 Å². The zero-order chi connectivity index (χ0) is 27.4. The molecule has 1 N–H and O–H groups in total. The van der Waals surface area contributed by atoms with E-state index < -0.39 is 22.5 Å². The van der Waals surface area contributed by atoms with Crippen LogP contribution in [-0.4, -0.2) is 33.7 Å². The van der Waals surface area contributed by atoms with Gasteiger partial charge in [0.25, 0.3) is 15.9 Å². The molecular weight excluding hydrogens is 554 g/mol. The smallest absolute Gasteiger partial charge is 0.264 e. The summed E-state index contributed by atoms with van der Waals surface area (Å²) < 4.78 is 34.0. The molecule has 1 amide bonds. The number of amides is 1. The number of nitrogens with one attached hydrogen (secondary N) is 1. The van der Waals surface area contributed by atoms with Gasteiger partial charge in [-0.1, -0.05) is 62.7 Å². The van der Waals surface area contributed by atoms with Gasteiger partial charge in [-0.05, 0) is 76.7 Å². The normalized spacial score (nSPS) is 12.2. The fourth-order valence-corrected chi connectivity index (χ4v) is 5.69. The van der Waals surface area contributed by atoms with Crippen LogP contribution in [0, 0.1) is 6.92 Å². The lowest BCUT2D eigenvalue weighted by Gasteiger charge is -2.24. The van der Waals surface area contributed by atoms with E-state index in [-0.39, 0.29) is 10.3 Å². The van der Waals surface area contributed by atoms with Crippen LogP contribution >= 0.6 is 15.9 Å². The van der Waals surface area contributed by atoms with E-state index >= 15 is 0 Å². The maximum absolute atomic E-state index is 13.6. The van der Waals surface area contributed by atoms with Crippen molar-refractivity contribution in [3.8, 4) is 5.75 Å². The first-order valence-electron chi connectivity index (χ1n) is 11.7. The molecule has 0 fully saturated rings. The van der Waals surface area contributed by atoms with Gasteiger partial charge in [0.1, 0.15) is 12.3 Å². The number of ether oxygens (including phenoxy) is 1. The summed E-state index contributed by atoms with van der Waals surface area (Å²) in [5.41, 5.74) is 6.53. The van der Waals surface area contributed by atoms with Crippen molar-refractivity contribution in [2.24, 2.45) is 5.10 Å². The maximum Gasteiger partial charge on any atom is 0.264 e. The molecule has 0 radical (unpaired) electrons. The SMILES string of the molecule is COc1ccc(S(=O)(=O)N(CC(=O)N/N=C(/C)c2ccc(C(C)(C)C)cc2)c2ccc(C)cc2)cc1Br. The van der Waals surface area contributed by atoms with Crippen LogP contribution in [0.3, 0.4) is 0 Å². The Kier molecular flexibility index (Phi) is 8.81. The minimum absolute atomic E-state index is 0.0205. The third-order valence-electron chi connectivity index (χ3n) is 5.84. The molecule has 0 aliphatic carbocycles. The predicted octanol–water partition coefficient (Wildman–Crippen LogP) is 5.80. The average Bonchev–Trinajstić information content (AvgIpc) is 2.86. The molecule has 37 heavy (non-hydrogen) atoms. The number of benzene rings is 3. The van der Waals surface area contributed by atoms with E-state index in [0.29, 0.717) is 21.6 Å². The topological polar surface area (TPSA) is 88.1 Å². The van der Waals surface area contributed by atoms with Crippen molar-refractivity contribution in [3.63, 3.8) is 0 Å². The molecular formula is C28H32BrN3O4S. The maximum atomic E-state index is 13.6. The van der Waals surface area contributed by atoms with Crippen LogP contribution in [0.2, 0.25) is 0 Å². The van der Waals surface area contributed by atoms with E-state index in [2.05, 4.69) is 47.2 Å². The van der Waals surface area contributed by atoms with Crippen molar-refractivity contribution in [1.29, 1.82) is 0 Å². The third-order valence-corrected chi connectivity index (χ3v) is 8.23. The van der Waals surface area contributed by atoms with Crippen molar-refractivity contribution < 1.29 is 17.9 Å². The fraction of sp³-hybridized carbons (Fsp3) is 0.286. The molecule has 0 unspecified atom stereocenters. The summed E-state index contributed by atoms with van der Waals surface area (Å²) in [5, 5.41) is 4.21. The lowest BCUT2D eigenvalue weighted by molar-refractivity contribution is -0.119. The predicted molar refractivity (Wildman–Crippen MR) is 152 cm³/mol. The molecule has 0 saturated heterocycles. The lowest BCUT2D eigenvalue weighted by atomic mass is 9.86. The second-order valence-electron chi connectivity index (χ2n) is 9.70. The first-order valence-corrected chi connectivity index (χ1v) is 13.9. The summed E-state index contributed by atoms with van der Waals surface area (Å²) >= 11 is 3.34. The lowest BCUT2D eigenvalue weighted by Crippen LogP contribution is -2.39. The zero-order valence-corrected chi connectivity index (χ0v) is 24.3. The number of hydrogen-bond acceptors (Lipinski definition) is 5. The number of nitrogens with zero attached hydrogens (tertiary/aromatic N) is 2. The van der Waals surface area contributed by atoms with Gasteiger partial charge >= 0.3 is 0 Å². The molecule has 3 aromatic rings. The van der Waals surface area contributed by atoms with E-state index in [0.717, 1.165) is 15.4 Å². The highest BCUT2D eigenvalue weighted by atomic mass is 79.9. The van der Waals surface area contributed by atoms with Gasteiger partial charge in [-0.25, -0.2) is 13.8 Å². The van der Waals surface area contributed by atoms with Gasteiger partial charge in [-0.2, -0.15) is 5.10 Å². The second kappa shape index (κ2) is 11.5. The fourth-order valence-electron chi connectivity index (χ4n) is 3.55. The summed E-state index contributed by atoms with van der Waals surface area (Å²) in [7, 11) is -2.58. The second-order valence-corrected chi connectivity index (χ2v) is 12.4. The monoisotopic (exact) mass is 585 g/mol. The van der Waals surface area contributed by atoms with Crippen molar-refractivity contribution in [2.75, 3.05) is 18.0 Å². The first-order chi connectivity index (χ1) is 17.3.